The summed E-state index contributed by atoms with van der Waals surface area (Å²) in [7, 11) is 1.52. The molecule has 1 N–H and O–H groups in total. The summed E-state index contributed by atoms with van der Waals surface area (Å²) in [6.45, 7) is 6.19. The molecule has 0 unspecified atom stereocenters. The minimum Gasteiger partial charge on any atom is -0.468 e. The number of hydrogen-bond donors (Lipinski definition) is 1. The first-order valence-corrected chi connectivity index (χ1v) is 12.6. The molecular formula is C27H37NO5. The highest BCUT2D eigenvalue weighted by Crippen LogP contribution is 2.71. The third-order valence-corrected chi connectivity index (χ3v) is 10.6. The lowest BCUT2D eigenvalue weighted by Crippen LogP contribution is -2.62. The van der Waals surface area contributed by atoms with Crippen molar-refractivity contribution in [3.05, 3.63) is 17.4 Å². The van der Waals surface area contributed by atoms with Gasteiger partial charge in [0.1, 0.15) is 17.7 Å². The summed E-state index contributed by atoms with van der Waals surface area (Å²) in [5.41, 5.74) is 0.541. The second kappa shape index (κ2) is 7.77. The van der Waals surface area contributed by atoms with Gasteiger partial charge < -0.3 is 19.0 Å². The van der Waals surface area contributed by atoms with Crippen LogP contribution in [0.25, 0.3) is 0 Å². The molecule has 0 aliphatic heterocycles. The first-order valence-electron chi connectivity index (χ1n) is 12.6. The lowest BCUT2D eigenvalue weighted by atomic mass is 9.43. The molecule has 1 heterocycles. The van der Waals surface area contributed by atoms with Crippen molar-refractivity contribution in [1.82, 2.24) is 0 Å². The van der Waals surface area contributed by atoms with Crippen LogP contribution < -0.4 is 4.74 Å². The average Bonchev–Trinajstić information content (AvgIpc) is 3.31. The summed E-state index contributed by atoms with van der Waals surface area (Å²) in [6, 6.07) is 2.28. The lowest BCUT2D eigenvalue weighted by molar-refractivity contribution is -0.207. The van der Waals surface area contributed by atoms with Crippen molar-refractivity contribution in [1.29, 1.82) is 5.26 Å². The molecule has 0 spiro atoms. The molecule has 4 aliphatic carbocycles. The Bertz CT molecular complexity index is 980. The smallest absolute Gasteiger partial charge is 0.302 e. The van der Waals surface area contributed by atoms with E-state index in [0.29, 0.717) is 17.4 Å². The molecule has 6 nitrogen and oxygen atoms in total. The highest BCUT2D eigenvalue weighted by Gasteiger charge is 2.67. The number of hydrogen-bond acceptors (Lipinski definition) is 6. The molecule has 0 amide bonds. The van der Waals surface area contributed by atoms with Crippen molar-refractivity contribution in [2.45, 2.75) is 96.2 Å². The number of nitriles is 1. The van der Waals surface area contributed by atoms with Crippen molar-refractivity contribution < 1.29 is 23.8 Å². The number of carbonyl (C=O) groups is 1. The normalized spacial score (nSPS) is 44.2. The van der Waals surface area contributed by atoms with E-state index in [1.54, 1.807) is 6.26 Å². The van der Waals surface area contributed by atoms with Gasteiger partial charge in [-0.3, -0.25) is 4.79 Å². The largest absolute Gasteiger partial charge is 0.468 e. The van der Waals surface area contributed by atoms with Gasteiger partial charge in [-0.15, -0.1) is 0 Å². The second-order valence-electron chi connectivity index (χ2n) is 11.6. The number of carbonyl (C=O) groups excluding carboxylic acids is 1. The minimum absolute atomic E-state index is 0.0467. The Balaban J connectivity index is 1.43. The zero-order valence-electron chi connectivity index (χ0n) is 20.4. The first kappa shape index (κ1) is 22.8. The zero-order valence-corrected chi connectivity index (χ0v) is 20.4. The molecular weight excluding hydrogens is 418 g/mol. The van der Waals surface area contributed by atoms with Gasteiger partial charge in [-0.05, 0) is 86.9 Å². The predicted molar refractivity (Wildman–Crippen MR) is 121 cm³/mol. The Hall–Kier alpha value is -2.00. The number of ether oxygens (including phenoxy) is 2. The van der Waals surface area contributed by atoms with Crippen molar-refractivity contribution >= 4 is 5.97 Å². The van der Waals surface area contributed by atoms with Gasteiger partial charge >= 0.3 is 11.9 Å². The number of rotatable bonds is 3. The summed E-state index contributed by atoms with van der Waals surface area (Å²) >= 11 is 0. The monoisotopic (exact) mass is 455 g/mol. The predicted octanol–water partition coefficient (Wildman–Crippen LogP) is 5.33. The molecule has 0 bridgehead atoms. The average molecular weight is 456 g/mol. The van der Waals surface area contributed by atoms with Crippen LogP contribution in [0.1, 0.15) is 95.6 Å². The van der Waals surface area contributed by atoms with Gasteiger partial charge in [0.25, 0.3) is 0 Å². The number of furan rings is 1. The van der Waals surface area contributed by atoms with E-state index in [9.17, 15) is 15.2 Å². The molecule has 4 saturated carbocycles. The third kappa shape index (κ3) is 3.11. The zero-order chi connectivity index (χ0) is 23.6. The summed E-state index contributed by atoms with van der Waals surface area (Å²) < 4.78 is 16.4. The second-order valence-corrected chi connectivity index (χ2v) is 11.6. The fourth-order valence-corrected chi connectivity index (χ4v) is 8.90. The van der Waals surface area contributed by atoms with Crippen molar-refractivity contribution in [3.8, 4) is 12.0 Å². The van der Waals surface area contributed by atoms with E-state index in [0.717, 1.165) is 63.4 Å². The Kier molecular flexibility index (Phi) is 5.36. The number of aliphatic hydroxyl groups is 1. The fraction of sp³-hybridized carbons (Fsp3) is 0.778. The lowest BCUT2D eigenvalue weighted by Gasteiger charge is -2.63. The quantitative estimate of drug-likeness (QED) is 0.619. The SMILES string of the molecule is COc1occ([C@H]2CC[C@]3(O)[C@@H]4CC[C@@H]5C[C@@H](OC(C)=O)CC[C@]5(C)[C@H]4CC[C@]23C)c1C#N. The standard InChI is InChI=1S/C27H37NO5/c1-16(29)33-18-7-10-25(2)17(13-18)5-6-23-22(25)8-11-26(3)21(9-12-27(23,26)30)20-15-32-24(31-4)19(20)14-28/h15,17-18,21-23,30H,5-13H2,1-4H3/t17-,18+,21-,22+,23-,25+,26-,27+/m1/s1. The van der Waals surface area contributed by atoms with Crippen LogP contribution in [-0.4, -0.2) is 29.9 Å². The molecule has 1 aromatic rings. The van der Waals surface area contributed by atoms with Gasteiger partial charge in [0.2, 0.25) is 0 Å². The van der Waals surface area contributed by atoms with E-state index in [1.165, 1.54) is 14.0 Å². The summed E-state index contributed by atoms with van der Waals surface area (Å²) in [4.78, 5) is 11.5. The highest BCUT2D eigenvalue weighted by atomic mass is 16.6. The van der Waals surface area contributed by atoms with Crippen LogP contribution in [0, 0.1) is 39.9 Å². The maximum Gasteiger partial charge on any atom is 0.302 e. The molecule has 6 heteroatoms. The van der Waals surface area contributed by atoms with Crippen molar-refractivity contribution in [2.75, 3.05) is 7.11 Å². The van der Waals surface area contributed by atoms with Gasteiger partial charge in [0.05, 0.1) is 19.0 Å². The Morgan fingerprint density at radius 1 is 1.15 bits per heavy atom. The molecule has 4 aliphatic rings. The molecule has 8 atom stereocenters. The van der Waals surface area contributed by atoms with Crippen LogP contribution in [0.15, 0.2) is 10.7 Å². The van der Waals surface area contributed by atoms with Gasteiger partial charge in [0.15, 0.2) is 0 Å². The summed E-state index contributed by atoms with van der Waals surface area (Å²) in [6.07, 6.45) is 10.5. The van der Waals surface area contributed by atoms with Crippen molar-refractivity contribution in [2.24, 2.45) is 28.6 Å². The topological polar surface area (TPSA) is 92.7 Å². The van der Waals surface area contributed by atoms with Crippen LogP contribution in [0.2, 0.25) is 0 Å². The number of fused-ring (bicyclic) bond motifs is 5. The highest BCUT2D eigenvalue weighted by molar-refractivity contribution is 5.66. The molecule has 5 rings (SSSR count). The molecule has 1 aromatic heterocycles. The fourth-order valence-electron chi connectivity index (χ4n) is 8.90. The van der Waals surface area contributed by atoms with E-state index in [-0.39, 0.29) is 40.7 Å². The van der Waals surface area contributed by atoms with Crippen LogP contribution in [-0.2, 0) is 9.53 Å². The van der Waals surface area contributed by atoms with E-state index >= 15 is 0 Å². The van der Waals surface area contributed by atoms with E-state index < -0.39 is 5.60 Å². The number of methoxy groups -OCH3 is 1. The van der Waals surface area contributed by atoms with Gasteiger partial charge in [0, 0.05) is 17.9 Å². The summed E-state index contributed by atoms with van der Waals surface area (Å²) in [5.74, 6) is 1.50. The molecule has 33 heavy (non-hydrogen) atoms. The number of nitrogens with zero attached hydrogens (tertiary/aromatic N) is 1. The van der Waals surface area contributed by atoms with Crippen LogP contribution >= 0.6 is 0 Å². The summed E-state index contributed by atoms with van der Waals surface area (Å²) in [5, 5.41) is 22.2. The molecule has 180 valence electrons. The Labute approximate surface area is 196 Å². The third-order valence-electron chi connectivity index (χ3n) is 10.6. The van der Waals surface area contributed by atoms with E-state index in [1.807, 2.05) is 0 Å². The molecule has 0 aromatic carbocycles. The Morgan fingerprint density at radius 2 is 1.94 bits per heavy atom. The maximum atomic E-state index is 12.4. The van der Waals surface area contributed by atoms with Crippen LogP contribution in [0.4, 0.5) is 0 Å². The van der Waals surface area contributed by atoms with Gasteiger partial charge in [-0.2, -0.15) is 5.26 Å². The van der Waals surface area contributed by atoms with Gasteiger partial charge in [-0.25, -0.2) is 0 Å². The van der Waals surface area contributed by atoms with Crippen molar-refractivity contribution in [3.63, 3.8) is 0 Å². The Morgan fingerprint density at radius 3 is 2.64 bits per heavy atom. The number of esters is 1. The van der Waals surface area contributed by atoms with E-state index in [2.05, 4.69) is 19.9 Å². The van der Waals surface area contributed by atoms with Crippen LogP contribution in [0.3, 0.4) is 0 Å². The van der Waals surface area contributed by atoms with E-state index in [4.69, 9.17) is 13.9 Å². The first-order chi connectivity index (χ1) is 15.7. The molecule has 0 radical (unpaired) electrons. The molecule has 0 saturated heterocycles. The maximum absolute atomic E-state index is 12.4. The van der Waals surface area contributed by atoms with Gasteiger partial charge in [-0.1, -0.05) is 13.8 Å². The minimum atomic E-state index is -0.738. The molecule has 4 fully saturated rings. The van der Waals surface area contributed by atoms with Crippen LogP contribution in [0.5, 0.6) is 5.95 Å².